The van der Waals surface area contributed by atoms with Crippen molar-refractivity contribution in [3.63, 3.8) is 0 Å². The highest BCUT2D eigenvalue weighted by Gasteiger charge is 2.22. The molecule has 1 atom stereocenters. The lowest BCUT2D eigenvalue weighted by Gasteiger charge is -2.31. The molecular weight excluding hydrogens is 156 g/mol. The number of ether oxygens (including phenoxy) is 1. The molecule has 1 N–H and O–H groups in total. The second-order valence-electron chi connectivity index (χ2n) is 3.00. The van der Waals surface area contributed by atoms with Crippen molar-refractivity contribution >= 4 is 6.03 Å². The summed E-state index contributed by atoms with van der Waals surface area (Å²) in [6.07, 6.45) is 2.31. The Labute approximate surface area is 72.9 Å². The van der Waals surface area contributed by atoms with E-state index < -0.39 is 0 Å². The fourth-order valence-corrected chi connectivity index (χ4v) is 1.47. The Bertz CT molecular complexity index is 161. The number of hydrogen-bond donors (Lipinski definition) is 1. The molecule has 1 heterocycles. The van der Waals surface area contributed by atoms with Gasteiger partial charge in [0.15, 0.2) is 0 Å². The summed E-state index contributed by atoms with van der Waals surface area (Å²) < 4.78 is 5.19. The smallest absolute Gasteiger partial charge is 0.317 e. The van der Waals surface area contributed by atoms with Crippen LogP contribution in [0.25, 0.3) is 0 Å². The van der Waals surface area contributed by atoms with Crippen molar-refractivity contribution in [1.29, 1.82) is 0 Å². The monoisotopic (exact) mass is 172 g/mol. The van der Waals surface area contributed by atoms with Crippen LogP contribution in [0.5, 0.6) is 0 Å². The van der Waals surface area contributed by atoms with E-state index in [-0.39, 0.29) is 12.1 Å². The third-order valence-corrected chi connectivity index (χ3v) is 2.21. The van der Waals surface area contributed by atoms with Gasteiger partial charge in [0, 0.05) is 27.2 Å². The Balaban J connectivity index is 2.40. The zero-order chi connectivity index (χ0) is 8.97. The van der Waals surface area contributed by atoms with Gasteiger partial charge in [0.25, 0.3) is 0 Å². The Hall–Kier alpha value is -0.770. The molecule has 2 amide bonds. The van der Waals surface area contributed by atoms with Gasteiger partial charge in [-0.15, -0.1) is 0 Å². The highest BCUT2D eigenvalue weighted by atomic mass is 16.5. The number of amides is 2. The molecular formula is C8H16N2O2. The van der Waals surface area contributed by atoms with Gasteiger partial charge in [-0.2, -0.15) is 0 Å². The number of methoxy groups -OCH3 is 1. The molecule has 1 rings (SSSR count). The highest BCUT2D eigenvalue weighted by Crippen LogP contribution is 2.11. The van der Waals surface area contributed by atoms with Gasteiger partial charge in [0.1, 0.15) is 0 Å². The van der Waals surface area contributed by atoms with Crippen LogP contribution in [0.1, 0.15) is 12.8 Å². The number of nitrogens with one attached hydrogen (secondary N) is 1. The molecule has 70 valence electrons. The number of carbonyl (C=O) groups is 1. The van der Waals surface area contributed by atoms with E-state index in [1.165, 1.54) is 0 Å². The number of urea groups is 1. The molecule has 4 heteroatoms. The van der Waals surface area contributed by atoms with Crippen LogP contribution in [0.2, 0.25) is 0 Å². The first-order valence-corrected chi connectivity index (χ1v) is 4.27. The molecule has 4 nitrogen and oxygen atoms in total. The minimum atomic E-state index is -0.00301. The Morgan fingerprint density at radius 1 is 1.67 bits per heavy atom. The summed E-state index contributed by atoms with van der Waals surface area (Å²) in [6, 6.07) is -0.00301. The van der Waals surface area contributed by atoms with E-state index in [1.54, 1.807) is 19.1 Å². The average molecular weight is 172 g/mol. The fourth-order valence-electron chi connectivity index (χ4n) is 1.47. The number of nitrogens with zero attached hydrogens (tertiary/aromatic N) is 1. The van der Waals surface area contributed by atoms with Crippen molar-refractivity contribution in [2.75, 3.05) is 27.2 Å². The summed E-state index contributed by atoms with van der Waals surface area (Å²) in [6.45, 7) is 1.57. The number of hydrogen-bond acceptors (Lipinski definition) is 2. The maximum Gasteiger partial charge on any atom is 0.317 e. The Morgan fingerprint density at radius 2 is 2.42 bits per heavy atom. The van der Waals surface area contributed by atoms with Crippen LogP contribution in [0.4, 0.5) is 4.79 Å². The van der Waals surface area contributed by atoms with Crippen LogP contribution in [-0.4, -0.2) is 44.3 Å². The van der Waals surface area contributed by atoms with Gasteiger partial charge in [0.05, 0.1) is 6.10 Å². The van der Waals surface area contributed by atoms with Gasteiger partial charge in [-0.05, 0) is 12.8 Å². The highest BCUT2D eigenvalue weighted by molar-refractivity contribution is 5.73. The normalized spacial score (nSPS) is 23.8. The molecule has 0 radical (unpaired) electrons. The number of carbonyl (C=O) groups excluding carboxylic acids is 1. The maximum absolute atomic E-state index is 11.2. The molecule has 0 aromatic heterocycles. The first-order chi connectivity index (χ1) is 5.77. The van der Waals surface area contributed by atoms with Crippen molar-refractivity contribution in [2.24, 2.45) is 0 Å². The lowest BCUT2D eigenvalue weighted by atomic mass is 10.1. The van der Waals surface area contributed by atoms with Crippen molar-refractivity contribution in [2.45, 2.75) is 18.9 Å². The van der Waals surface area contributed by atoms with Gasteiger partial charge in [-0.3, -0.25) is 0 Å². The largest absolute Gasteiger partial charge is 0.380 e. The van der Waals surface area contributed by atoms with Crippen LogP contribution in [-0.2, 0) is 4.74 Å². The molecule has 0 aromatic rings. The number of rotatable bonds is 1. The van der Waals surface area contributed by atoms with Gasteiger partial charge in [-0.25, -0.2) is 4.79 Å². The molecule has 1 fully saturated rings. The number of likely N-dealkylation sites (tertiary alicyclic amines) is 1. The lowest BCUT2D eigenvalue weighted by molar-refractivity contribution is 0.0438. The minimum Gasteiger partial charge on any atom is -0.380 e. The van der Waals surface area contributed by atoms with Gasteiger partial charge in [0.2, 0.25) is 0 Å². The first kappa shape index (κ1) is 9.32. The summed E-state index contributed by atoms with van der Waals surface area (Å²) in [7, 11) is 3.34. The quantitative estimate of drug-likeness (QED) is 0.623. The zero-order valence-corrected chi connectivity index (χ0v) is 7.67. The minimum absolute atomic E-state index is 0.00301. The average Bonchev–Trinajstić information content (AvgIpc) is 2.17. The zero-order valence-electron chi connectivity index (χ0n) is 7.67. The summed E-state index contributed by atoms with van der Waals surface area (Å²) in [4.78, 5) is 13.0. The molecule has 0 aromatic carbocycles. The van der Waals surface area contributed by atoms with Crippen molar-refractivity contribution in [3.05, 3.63) is 0 Å². The van der Waals surface area contributed by atoms with E-state index in [9.17, 15) is 4.79 Å². The van der Waals surface area contributed by atoms with Gasteiger partial charge < -0.3 is 15.0 Å². The topological polar surface area (TPSA) is 41.6 Å². The number of piperidine rings is 1. The molecule has 0 spiro atoms. The van der Waals surface area contributed by atoms with E-state index >= 15 is 0 Å². The Kier molecular flexibility index (Phi) is 3.34. The van der Waals surface area contributed by atoms with Crippen LogP contribution in [0, 0.1) is 0 Å². The summed E-state index contributed by atoms with van der Waals surface area (Å²) in [5, 5.41) is 2.61. The summed E-state index contributed by atoms with van der Waals surface area (Å²) in [5.41, 5.74) is 0. The van der Waals surface area contributed by atoms with E-state index in [0.29, 0.717) is 0 Å². The molecule has 1 saturated heterocycles. The van der Waals surface area contributed by atoms with Crippen LogP contribution in [0.15, 0.2) is 0 Å². The molecule has 0 bridgehead atoms. The summed E-state index contributed by atoms with van der Waals surface area (Å²) >= 11 is 0. The third-order valence-electron chi connectivity index (χ3n) is 2.21. The summed E-state index contributed by atoms with van der Waals surface area (Å²) in [5.74, 6) is 0. The fraction of sp³-hybridized carbons (Fsp3) is 0.875. The molecule has 1 aliphatic heterocycles. The molecule has 1 aliphatic rings. The first-order valence-electron chi connectivity index (χ1n) is 4.27. The third kappa shape index (κ3) is 2.11. The standard InChI is InChI=1S/C8H16N2O2/c1-9-8(11)10-5-3-4-7(6-10)12-2/h7H,3-6H2,1-2H3,(H,9,11). The molecule has 0 saturated carbocycles. The van der Waals surface area contributed by atoms with Gasteiger partial charge >= 0.3 is 6.03 Å². The van der Waals surface area contributed by atoms with Crippen molar-refractivity contribution in [1.82, 2.24) is 10.2 Å². The van der Waals surface area contributed by atoms with E-state index in [4.69, 9.17) is 4.74 Å². The van der Waals surface area contributed by atoms with Crippen LogP contribution in [0.3, 0.4) is 0 Å². The lowest BCUT2D eigenvalue weighted by Crippen LogP contribution is -2.46. The second-order valence-corrected chi connectivity index (χ2v) is 3.00. The Morgan fingerprint density at radius 3 is 3.00 bits per heavy atom. The van der Waals surface area contributed by atoms with Gasteiger partial charge in [-0.1, -0.05) is 0 Å². The van der Waals surface area contributed by atoms with E-state index in [2.05, 4.69) is 5.32 Å². The molecule has 12 heavy (non-hydrogen) atoms. The van der Waals surface area contributed by atoms with E-state index in [1.807, 2.05) is 0 Å². The predicted molar refractivity (Wildman–Crippen MR) is 46.1 cm³/mol. The molecule has 1 unspecified atom stereocenters. The van der Waals surface area contributed by atoms with Crippen LogP contribution >= 0.6 is 0 Å². The van der Waals surface area contributed by atoms with Crippen LogP contribution < -0.4 is 5.32 Å². The predicted octanol–water partition coefficient (Wildman–Crippen LogP) is 0.437. The SMILES string of the molecule is CNC(=O)N1CCCC(OC)C1. The molecule has 0 aliphatic carbocycles. The van der Waals surface area contributed by atoms with Crippen molar-refractivity contribution < 1.29 is 9.53 Å². The van der Waals surface area contributed by atoms with Crippen molar-refractivity contribution in [3.8, 4) is 0 Å². The second kappa shape index (κ2) is 4.30. The van der Waals surface area contributed by atoms with E-state index in [0.717, 1.165) is 25.9 Å². The maximum atomic E-state index is 11.2.